The van der Waals surface area contributed by atoms with E-state index < -0.39 is 11.7 Å². The molecule has 5 heteroatoms. The first-order valence-corrected chi connectivity index (χ1v) is 6.46. The van der Waals surface area contributed by atoms with Crippen molar-refractivity contribution in [2.75, 3.05) is 5.73 Å². The number of nitrogen functional groups attached to an aromatic ring is 1. The maximum Gasteiger partial charge on any atom is 0.248 e. The molecule has 2 aromatic carbocycles. The lowest BCUT2D eigenvalue weighted by atomic mass is 10.1. The number of anilines is 1. The summed E-state index contributed by atoms with van der Waals surface area (Å²) in [5.41, 5.74) is 14.1. The van der Waals surface area contributed by atoms with Crippen molar-refractivity contribution in [3.63, 3.8) is 0 Å². The molecule has 0 saturated heterocycles. The second kappa shape index (κ2) is 5.83. The Bertz CT molecular complexity index is 699. The van der Waals surface area contributed by atoms with Crippen molar-refractivity contribution < 1.29 is 13.9 Å². The SMILES string of the molecule is Cc1cc(OCc2ccc(C(N)=O)cc2C)c(F)cc1N. The molecular weight excluding hydrogens is 271 g/mol. The van der Waals surface area contributed by atoms with Crippen LogP contribution in [0.2, 0.25) is 0 Å². The molecule has 4 nitrogen and oxygen atoms in total. The lowest BCUT2D eigenvalue weighted by Crippen LogP contribution is -2.11. The quantitative estimate of drug-likeness (QED) is 0.849. The van der Waals surface area contributed by atoms with Gasteiger partial charge in [0, 0.05) is 17.3 Å². The standard InChI is InChI=1S/C16H17FN2O2/c1-9-5-11(16(19)20)3-4-12(9)8-21-15-6-10(2)14(18)7-13(15)17/h3-7H,8,18H2,1-2H3,(H2,19,20). The van der Waals surface area contributed by atoms with E-state index in [2.05, 4.69) is 0 Å². The molecule has 0 aliphatic rings. The van der Waals surface area contributed by atoms with Crippen LogP contribution in [0.15, 0.2) is 30.3 Å². The van der Waals surface area contributed by atoms with E-state index >= 15 is 0 Å². The third-order valence-electron chi connectivity index (χ3n) is 3.33. The molecule has 0 aliphatic carbocycles. The van der Waals surface area contributed by atoms with Crippen LogP contribution in [-0.2, 0) is 6.61 Å². The van der Waals surface area contributed by atoms with Crippen LogP contribution in [0, 0.1) is 19.7 Å². The van der Waals surface area contributed by atoms with Crippen molar-refractivity contribution in [3.05, 3.63) is 58.4 Å². The summed E-state index contributed by atoms with van der Waals surface area (Å²) in [7, 11) is 0. The number of hydrogen-bond acceptors (Lipinski definition) is 3. The normalized spacial score (nSPS) is 10.4. The molecule has 0 radical (unpaired) electrons. The zero-order valence-corrected chi connectivity index (χ0v) is 11.9. The van der Waals surface area contributed by atoms with Gasteiger partial charge in [0.05, 0.1) is 0 Å². The minimum absolute atomic E-state index is 0.153. The van der Waals surface area contributed by atoms with Gasteiger partial charge in [-0.25, -0.2) is 4.39 Å². The van der Waals surface area contributed by atoms with Crippen LogP contribution in [0.5, 0.6) is 5.75 Å². The number of rotatable bonds is 4. The first kappa shape index (κ1) is 14.8. The fourth-order valence-electron chi connectivity index (χ4n) is 1.95. The number of amides is 1. The van der Waals surface area contributed by atoms with Gasteiger partial charge in [-0.1, -0.05) is 6.07 Å². The summed E-state index contributed by atoms with van der Waals surface area (Å²) in [5, 5.41) is 0. The van der Waals surface area contributed by atoms with E-state index in [4.69, 9.17) is 16.2 Å². The van der Waals surface area contributed by atoms with E-state index in [0.717, 1.165) is 16.7 Å². The van der Waals surface area contributed by atoms with E-state index in [1.165, 1.54) is 6.07 Å². The van der Waals surface area contributed by atoms with Crippen molar-refractivity contribution in [1.82, 2.24) is 0 Å². The second-order valence-electron chi connectivity index (χ2n) is 4.93. The first-order chi connectivity index (χ1) is 9.88. The third-order valence-corrected chi connectivity index (χ3v) is 3.33. The summed E-state index contributed by atoms with van der Waals surface area (Å²) < 4.78 is 19.2. The maximum absolute atomic E-state index is 13.7. The van der Waals surface area contributed by atoms with Crippen LogP contribution in [-0.4, -0.2) is 5.91 Å². The van der Waals surface area contributed by atoms with Crippen molar-refractivity contribution in [3.8, 4) is 5.75 Å². The number of ether oxygens (including phenoxy) is 1. The molecule has 4 N–H and O–H groups in total. The van der Waals surface area contributed by atoms with Crippen LogP contribution in [0.25, 0.3) is 0 Å². The van der Waals surface area contributed by atoms with Gasteiger partial charge in [0.25, 0.3) is 0 Å². The summed E-state index contributed by atoms with van der Waals surface area (Å²) in [6, 6.07) is 7.87. The summed E-state index contributed by atoms with van der Waals surface area (Å²) in [5.74, 6) is -0.824. The molecule has 21 heavy (non-hydrogen) atoms. The third kappa shape index (κ3) is 3.31. The molecule has 0 atom stereocenters. The molecule has 1 amide bonds. The summed E-state index contributed by atoms with van der Waals surface area (Å²) in [6.07, 6.45) is 0. The predicted molar refractivity (Wildman–Crippen MR) is 79.6 cm³/mol. The number of aryl methyl sites for hydroxylation is 2. The summed E-state index contributed by atoms with van der Waals surface area (Å²) >= 11 is 0. The number of nitrogens with two attached hydrogens (primary N) is 2. The van der Waals surface area contributed by atoms with Gasteiger partial charge < -0.3 is 16.2 Å². The summed E-state index contributed by atoms with van der Waals surface area (Å²) in [6.45, 7) is 3.83. The minimum atomic E-state index is -0.496. The lowest BCUT2D eigenvalue weighted by molar-refractivity contribution is 0.1000. The Labute approximate surface area is 122 Å². The molecule has 0 aromatic heterocycles. The van der Waals surface area contributed by atoms with Gasteiger partial charge in [0.1, 0.15) is 6.61 Å². The Hall–Kier alpha value is -2.56. The maximum atomic E-state index is 13.7. The highest BCUT2D eigenvalue weighted by Gasteiger charge is 2.09. The summed E-state index contributed by atoms with van der Waals surface area (Å²) in [4.78, 5) is 11.1. The van der Waals surface area contributed by atoms with E-state index in [-0.39, 0.29) is 12.4 Å². The zero-order valence-electron chi connectivity index (χ0n) is 11.9. The van der Waals surface area contributed by atoms with Crippen molar-refractivity contribution in [2.45, 2.75) is 20.5 Å². The van der Waals surface area contributed by atoms with Gasteiger partial charge >= 0.3 is 0 Å². The Balaban J connectivity index is 2.17. The van der Waals surface area contributed by atoms with Crippen molar-refractivity contribution >= 4 is 11.6 Å². The average molecular weight is 288 g/mol. The molecule has 0 saturated carbocycles. The van der Waals surface area contributed by atoms with Gasteiger partial charge in [-0.15, -0.1) is 0 Å². The van der Waals surface area contributed by atoms with Crippen LogP contribution in [0.1, 0.15) is 27.0 Å². The Morgan fingerprint density at radius 3 is 2.52 bits per heavy atom. The lowest BCUT2D eigenvalue weighted by Gasteiger charge is -2.12. The monoisotopic (exact) mass is 288 g/mol. The van der Waals surface area contributed by atoms with E-state index in [9.17, 15) is 9.18 Å². The molecular formula is C16H17FN2O2. The number of hydrogen-bond donors (Lipinski definition) is 2. The fraction of sp³-hybridized carbons (Fsp3) is 0.188. The smallest absolute Gasteiger partial charge is 0.248 e. The average Bonchev–Trinajstić information content (AvgIpc) is 2.42. The van der Waals surface area contributed by atoms with E-state index in [0.29, 0.717) is 11.3 Å². The largest absolute Gasteiger partial charge is 0.486 e. The number of primary amides is 1. The molecule has 2 rings (SSSR count). The Morgan fingerprint density at radius 1 is 1.19 bits per heavy atom. The van der Waals surface area contributed by atoms with E-state index in [1.807, 2.05) is 6.92 Å². The number of carbonyl (C=O) groups excluding carboxylic acids is 1. The van der Waals surface area contributed by atoms with E-state index in [1.54, 1.807) is 31.2 Å². The molecule has 110 valence electrons. The topological polar surface area (TPSA) is 78.3 Å². The number of carbonyl (C=O) groups is 1. The fourth-order valence-corrected chi connectivity index (χ4v) is 1.95. The van der Waals surface area contributed by atoms with Crippen molar-refractivity contribution in [1.29, 1.82) is 0 Å². The van der Waals surface area contributed by atoms with Crippen LogP contribution in [0.3, 0.4) is 0 Å². The number of halogens is 1. The molecule has 2 aromatic rings. The van der Waals surface area contributed by atoms with Gasteiger partial charge in [-0.05, 0) is 48.7 Å². The first-order valence-electron chi connectivity index (χ1n) is 6.46. The Kier molecular flexibility index (Phi) is 4.12. The van der Waals surface area contributed by atoms with Crippen LogP contribution >= 0.6 is 0 Å². The molecule has 0 bridgehead atoms. The highest BCUT2D eigenvalue weighted by atomic mass is 19.1. The van der Waals surface area contributed by atoms with Gasteiger partial charge in [0.2, 0.25) is 5.91 Å². The molecule has 0 heterocycles. The van der Waals surface area contributed by atoms with Crippen LogP contribution < -0.4 is 16.2 Å². The predicted octanol–water partition coefficient (Wildman–Crippen LogP) is 2.70. The highest BCUT2D eigenvalue weighted by Crippen LogP contribution is 2.24. The number of benzene rings is 2. The highest BCUT2D eigenvalue weighted by molar-refractivity contribution is 5.93. The Morgan fingerprint density at radius 2 is 1.90 bits per heavy atom. The second-order valence-corrected chi connectivity index (χ2v) is 4.93. The molecule has 0 spiro atoms. The van der Waals surface area contributed by atoms with Gasteiger partial charge in [0.15, 0.2) is 11.6 Å². The molecule has 0 unspecified atom stereocenters. The molecule has 0 fully saturated rings. The molecule has 0 aliphatic heterocycles. The zero-order chi connectivity index (χ0) is 15.6. The van der Waals surface area contributed by atoms with Crippen LogP contribution in [0.4, 0.5) is 10.1 Å². The van der Waals surface area contributed by atoms with Gasteiger partial charge in [-0.3, -0.25) is 4.79 Å². The minimum Gasteiger partial charge on any atom is -0.486 e. The van der Waals surface area contributed by atoms with Crippen molar-refractivity contribution in [2.24, 2.45) is 5.73 Å². The van der Waals surface area contributed by atoms with Gasteiger partial charge in [-0.2, -0.15) is 0 Å².